The maximum atomic E-state index is 10.8. The Bertz CT molecular complexity index is 463. The molecule has 4 heteroatoms. The van der Waals surface area contributed by atoms with Crippen LogP contribution in [0.4, 0.5) is 5.82 Å². The van der Waals surface area contributed by atoms with E-state index in [2.05, 4.69) is 10.3 Å². The first-order chi connectivity index (χ1) is 7.25. The van der Waals surface area contributed by atoms with Gasteiger partial charge in [0.05, 0.1) is 6.26 Å². The molecule has 2 aromatic rings. The maximum Gasteiger partial charge on any atom is 0.222 e. The number of hydrogen-bond acceptors (Lipinski definition) is 3. The van der Waals surface area contributed by atoms with Crippen LogP contribution in [0.3, 0.4) is 0 Å². The van der Waals surface area contributed by atoms with Gasteiger partial charge in [0.15, 0.2) is 0 Å². The van der Waals surface area contributed by atoms with Gasteiger partial charge in [0, 0.05) is 18.7 Å². The normalized spacial score (nSPS) is 9.93. The fourth-order valence-corrected chi connectivity index (χ4v) is 1.28. The Morgan fingerprint density at radius 3 is 3.00 bits per heavy atom. The molecule has 0 aromatic carbocycles. The minimum Gasteiger partial charge on any atom is -0.464 e. The minimum absolute atomic E-state index is 0.140. The molecule has 0 bridgehead atoms. The Morgan fingerprint density at radius 1 is 1.47 bits per heavy atom. The van der Waals surface area contributed by atoms with E-state index in [0.29, 0.717) is 5.82 Å². The molecule has 1 amide bonds. The van der Waals surface area contributed by atoms with Crippen LogP contribution in [0.25, 0.3) is 11.3 Å². The van der Waals surface area contributed by atoms with Crippen molar-refractivity contribution in [1.29, 1.82) is 0 Å². The van der Waals surface area contributed by atoms with Crippen LogP contribution in [0.1, 0.15) is 6.92 Å². The number of carbonyl (C=O) groups excluding carboxylic acids is 1. The monoisotopic (exact) mass is 202 g/mol. The van der Waals surface area contributed by atoms with Crippen molar-refractivity contribution in [3.05, 3.63) is 36.7 Å². The van der Waals surface area contributed by atoms with E-state index in [4.69, 9.17) is 4.42 Å². The molecule has 1 N–H and O–H groups in total. The summed E-state index contributed by atoms with van der Waals surface area (Å²) >= 11 is 0. The lowest BCUT2D eigenvalue weighted by atomic mass is 10.2. The van der Waals surface area contributed by atoms with Gasteiger partial charge < -0.3 is 9.73 Å². The van der Waals surface area contributed by atoms with Gasteiger partial charge in [-0.1, -0.05) is 0 Å². The van der Waals surface area contributed by atoms with Gasteiger partial charge in [0.2, 0.25) is 5.91 Å². The number of aromatic nitrogens is 1. The minimum atomic E-state index is -0.140. The standard InChI is InChI=1S/C11H10N2O2/c1-8(14)13-11-7-9(4-5-12-11)10-3-2-6-15-10/h2-7H,1H3,(H,12,13,14). The molecule has 2 aromatic heterocycles. The summed E-state index contributed by atoms with van der Waals surface area (Å²) in [6.45, 7) is 1.45. The van der Waals surface area contributed by atoms with Crippen LogP contribution in [-0.2, 0) is 4.79 Å². The summed E-state index contributed by atoms with van der Waals surface area (Å²) < 4.78 is 5.24. The highest BCUT2D eigenvalue weighted by Crippen LogP contribution is 2.21. The molecular formula is C11H10N2O2. The number of furan rings is 1. The molecule has 2 heterocycles. The number of hydrogen-bond donors (Lipinski definition) is 1. The zero-order valence-electron chi connectivity index (χ0n) is 8.23. The third kappa shape index (κ3) is 2.22. The first-order valence-corrected chi connectivity index (χ1v) is 4.53. The molecule has 0 atom stereocenters. The lowest BCUT2D eigenvalue weighted by Crippen LogP contribution is -2.07. The Kier molecular flexibility index (Phi) is 2.49. The van der Waals surface area contributed by atoms with Gasteiger partial charge in [-0.25, -0.2) is 4.98 Å². The van der Waals surface area contributed by atoms with Crippen molar-refractivity contribution in [2.75, 3.05) is 5.32 Å². The summed E-state index contributed by atoms with van der Waals surface area (Å²) in [4.78, 5) is 14.9. The SMILES string of the molecule is CC(=O)Nc1cc(-c2ccco2)ccn1. The molecule has 2 rings (SSSR count). The Hall–Kier alpha value is -2.10. The first kappa shape index (κ1) is 9.45. The van der Waals surface area contributed by atoms with Gasteiger partial charge in [0.1, 0.15) is 11.6 Å². The molecule has 0 aliphatic rings. The molecule has 4 nitrogen and oxygen atoms in total. The van der Waals surface area contributed by atoms with Gasteiger partial charge >= 0.3 is 0 Å². The van der Waals surface area contributed by atoms with Crippen LogP contribution in [0.2, 0.25) is 0 Å². The lowest BCUT2D eigenvalue weighted by Gasteiger charge is -2.02. The van der Waals surface area contributed by atoms with Crippen molar-refractivity contribution < 1.29 is 9.21 Å². The van der Waals surface area contributed by atoms with Crippen LogP contribution in [0.15, 0.2) is 41.1 Å². The number of anilines is 1. The Balaban J connectivity index is 2.31. The highest BCUT2D eigenvalue weighted by atomic mass is 16.3. The van der Waals surface area contributed by atoms with Crippen molar-refractivity contribution >= 4 is 11.7 Å². The first-order valence-electron chi connectivity index (χ1n) is 4.53. The van der Waals surface area contributed by atoms with E-state index >= 15 is 0 Å². The van der Waals surface area contributed by atoms with Crippen molar-refractivity contribution in [3.8, 4) is 11.3 Å². The lowest BCUT2D eigenvalue weighted by molar-refractivity contribution is -0.114. The second-order valence-electron chi connectivity index (χ2n) is 3.09. The molecule has 0 unspecified atom stereocenters. The molecule has 0 aliphatic carbocycles. The number of rotatable bonds is 2. The van der Waals surface area contributed by atoms with Gasteiger partial charge in [0.25, 0.3) is 0 Å². The van der Waals surface area contributed by atoms with Crippen LogP contribution < -0.4 is 5.32 Å². The molecule has 0 aliphatic heterocycles. The van der Waals surface area contributed by atoms with E-state index in [-0.39, 0.29) is 5.91 Å². The third-order valence-corrected chi connectivity index (χ3v) is 1.87. The molecule has 0 saturated carbocycles. The van der Waals surface area contributed by atoms with Crippen LogP contribution >= 0.6 is 0 Å². The van der Waals surface area contributed by atoms with Crippen LogP contribution in [0, 0.1) is 0 Å². The van der Waals surface area contributed by atoms with Crippen LogP contribution in [0.5, 0.6) is 0 Å². The van der Waals surface area contributed by atoms with E-state index in [1.54, 1.807) is 18.5 Å². The summed E-state index contributed by atoms with van der Waals surface area (Å²) in [5.74, 6) is 1.14. The summed E-state index contributed by atoms with van der Waals surface area (Å²) in [6, 6.07) is 7.26. The van der Waals surface area contributed by atoms with E-state index in [1.165, 1.54) is 6.92 Å². The van der Waals surface area contributed by atoms with Crippen molar-refractivity contribution in [1.82, 2.24) is 4.98 Å². The summed E-state index contributed by atoms with van der Waals surface area (Å²) in [6.07, 6.45) is 3.23. The summed E-state index contributed by atoms with van der Waals surface area (Å²) in [5.41, 5.74) is 0.888. The van der Waals surface area contributed by atoms with E-state index in [1.807, 2.05) is 18.2 Å². The fourth-order valence-electron chi connectivity index (χ4n) is 1.28. The average molecular weight is 202 g/mol. The van der Waals surface area contributed by atoms with Crippen molar-refractivity contribution in [3.63, 3.8) is 0 Å². The largest absolute Gasteiger partial charge is 0.464 e. The smallest absolute Gasteiger partial charge is 0.222 e. The van der Waals surface area contributed by atoms with Gasteiger partial charge in [-0.15, -0.1) is 0 Å². The number of nitrogens with zero attached hydrogens (tertiary/aromatic N) is 1. The van der Waals surface area contributed by atoms with E-state index < -0.39 is 0 Å². The summed E-state index contributed by atoms with van der Waals surface area (Å²) in [7, 11) is 0. The van der Waals surface area contributed by atoms with Gasteiger partial charge in [-0.05, 0) is 24.3 Å². The molecule has 0 spiro atoms. The number of carbonyl (C=O) groups is 1. The molecule has 76 valence electrons. The summed E-state index contributed by atoms with van der Waals surface area (Å²) in [5, 5.41) is 2.62. The average Bonchev–Trinajstić information content (AvgIpc) is 2.69. The molecule has 15 heavy (non-hydrogen) atoms. The second kappa shape index (κ2) is 3.96. The topological polar surface area (TPSA) is 55.1 Å². The highest BCUT2D eigenvalue weighted by molar-refractivity contribution is 5.88. The van der Waals surface area contributed by atoms with E-state index in [0.717, 1.165) is 11.3 Å². The van der Waals surface area contributed by atoms with Crippen molar-refractivity contribution in [2.45, 2.75) is 6.92 Å². The zero-order chi connectivity index (χ0) is 10.7. The Morgan fingerprint density at radius 2 is 2.33 bits per heavy atom. The molecular weight excluding hydrogens is 192 g/mol. The zero-order valence-corrected chi connectivity index (χ0v) is 8.23. The maximum absolute atomic E-state index is 10.8. The van der Waals surface area contributed by atoms with Crippen molar-refractivity contribution in [2.24, 2.45) is 0 Å². The third-order valence-electron chi connectivity index (χ3n) is 1.87. The molecule has 0 radical (unpaired) electrons. The fraction of sp³-hybridized carbons (Fsp3) is 0.0909. The second-order valence-corrected chi connectivity index (χ2v) is 3.09. The van der Waals surface area contributed by atoms with Gasteiger partial charge in [-0.2, -0.15) is 0 Å². The predicted octanol–water partition coefficient (Wildman–Crippen LogP) is 2.30. The van der Waals surface area contributed by atoms with Crippen LogP contribution in [-0.4, -0.2) is 10.9 Å². The van der Waals surface area contributed by atoms with E-state index in [9.17, 15) is 4.79 Å². The number of amides is 1. The van der Waals surface area contributed by atoms with Gasteiger partial charge in [-0.3, -0.25) is 4.79 Å². The number of pyridine rings is 1. The highest BCUT2D eigenvalue weighted by Gasteiger charge is 2.03. The quantitative estimate of drug-likeness (QED) is 0.812. The molecule has 0 saturated heterocycles. The molecule has 0 fully saturated rings. The predicted molar refractivity (Wildman–Crippen MR) is 56.2 cm³/mol. The Labute approximate surface area is 86.9 Å². The number of nitrogens with one attached hydrogen (secondary N) is 1.